The highest BCUT2D eigenvalue weighted by atomic mass is 35.5. The quantitative estimate of drug-likeness (QED) is 0.513. The van der Waals surface area contributed by atoms with Crippen molar-refractivity contribution in [2.24, 2.45) is 5.92 Å². The van der Waals surface area contributed by atoms with Crippen molar-refractivity contribution >= 4 is 35.0 Å². The summed E-state index contributed by atoms with van der Waals surface area (Å²) in [5.74, 6) is -1.06. The zero-order chi connectivity index (χ0) is 17.5. The summed E-state index contributed by atoms with van der Waals surface area (Å²) in [5, 5.41) is 0.706. The summed E-state index contributed by atoms with van der Waals surface area (Å²) in [5.41, 5.74) is 1.42. The smallest absolute Gasteiger partial charge is 0.309 e. The van der Waals surface area contributed by atoms with Crippen LogP contribution in [-0.4, -0.2) is 18.4 Å². The Labute approximate surface area is 151 Å². The molecule has 24 heavy (non-hydrogen) atoms. The van der Waals surface area contributed by atoms with Crippen LogP contribution in [0.25, 0.3) is 0 Å². The molecule has 0 spiro atoms. The van der Waals surface area contributed by atoms with Crippen molar-refractivity contribution in [3.8, 4) is 0 Å². The van der Waals surface area contributed by atoms with E-state index in [-0.39, 0.29) is 24.8 Å². The van der Waals surface area contributed by atoms with Gasteiger partial charge in [0.1, 0.15) is 0 Å². The van der Waals surface area contributed by atoms with Gasteiger partial charge in [0.05, 0.1) is 22.6 Å². The molecule has 2 aromatic carbocycles. The average Bonchev–Trinajstić information content (AvgIpc) is 2.57. The van der Waals surface area contributed by atoms with Gasteiger partial charge in [0.25, 0.3) is 0 Å². The topological polar surface area (TPSA) is 43.4 Å². The molecule has 3 nitrogen and oxygen atoms in total. The molecule has 0 aliphatic heterocycles. The molecule has 5 heteroatoms. The molecule has 0 aliphatic carbocycles. The molecule has 1 atom stereocenters. The molecule has 0 saturated heterocycles. The molecule has 0 radical (unpaired) electrons. The fraction of sp³-hybridized carbons (Fsp3) is 0.263. The Kier molecular flexibility index (Phi) is 6.83. The Morgan fingerprint density at radius 2 is 1.75 bits per heavy atom. The minimum absolute atomic E-state index is 0.0612. The van der Waals surface area contributed by atoms with Gasteiger partial charge in [-0.25, -0.2) is 0 Å². The summed E-state index contributed by atoms with van der Waals surface area (Å²) >= 11 is 11.8. The second-order valence-corrected chi connectivity index (χ2v) is 6.21. The number of halogens is 2. The Bertz CT molecular complexity index is 714. The van der Waals surface area contributed by atoms with Crippen LogP contribution in [0.3, 0.4) is 0 Å². The van der Waals surface area contributed by atoms with Gasteiger partial charge in [0.2, 0.25) is 0 Å². The van der Waals surface area contributed by atoms with Crippen molar-refractivity contribution in [3.63, 3.8) is 0 Å². The van der Waals surface area contributed by atoms with Crippen molar-refractivity contribution in [1.82, 2.24) is 0 Å². The van der Waals surface area contributed by atoms with Crippen LogP contribution in [0.1, 0.15) is 29.3 Å². The number of carbonyl (C=O) groups is 2. The lowest BCUT2D eigenvalue weighted by molar-refractivity contribution is -0.147. The van der Waals surface area contributed by atoms with E-state index in [1.807, 2.05) is 30.3 Å². The first kappa shape index (κ1) is 18.5. The standard InChI is InChI=1S/C19H18Cl2O3/c1-2-24-19(23)15(10-13-6-4-3-5-7-13)12-18(22)14-8-9-16(20)17(21)11-14/h3-9,11,15H,2,10,12H2,1H3/t15-/m1/s1. The predicted molar refractivity (Wildman–Crippen MR) is 95.7 cm³/mol. The Balaban J connectivity index is 2.15. The molecule has 2 rings (SSSR count). The molecular weight excluding hydrogens is 347 g/mol. The molecule has 0 amide bonds. The monoisotopic (exact) mass is 364 g/mol. The van der Waals surface area contributed by atoms with Crippen LogP contribution in [-0.2, 0) is 16.0 Å². The second-order valence-electron chi connectivity index (χ2n) is 5.39. The zero-order valence-corrected chi connectivity index (χ0v) is 14.8. The van der Waals surface area contributed by atoms with Gasteiger partial charge in [-0.05, 0) is 37.1 Å². The molecular formula is C19H18Cl2O3. The van der Waals surface area contributed by atoms with E-state index in [2.05, 4.69) is 0 Å². The molecule has 0 aliphatic rings. The minimum Gasteiger partial charge on any atom is -0.466 e. The van der Waals surface area contributed by atoms with E-state index in [9.17, 15) is 9.59 Å². The van der Waals surface area contributed by atoms with E-state index in [1.54, 1.807) is 19.1 Å². The van der Waals surface area contributed by atoms with Gasteiger partial charge < -0.3 is 4.74 Å². The molecule has 126 valence electrons. The third kappa shape index (κ3) is 5.08. The lowest BCUT2D eigenvalue weighted by Crippen LogP contribution is -2.23. The van der Waals surface area contributed by atoms with Crippen LogP contribution in [0.2, 0.25) is 10.0 Å². The Hall–Kier alpha value is -1.84. The third-order valence-corrected chi connectivity index (χ3v) is 4.36. The van der Waals surface area contributed by atoms with Crippen LogP contribution >= 0.6 is 23.2 Å². The first-order valence-corrected chi connectivity index (χ1v) is 8.45. The van der Waals surface area contributed by atoms with E-state index < -0.39 is 5.92 Å². The van der Waals surface area contributed by atoms with Crippen molar-refractivity contribution in [2.45, 2.75) is 19.8 Å². The van der Waals surface area contributed by atoms with Gasteiger partial charge in [0.15, 0.2) is 5.78 Å². The zero-order valence-electron chi connectivity index (χ0n) is 13.3. The van der Waals surface area contributed by atoms with E-state index in [1.165, 1.54) is 6.07 Å². The fourth-order valence-corrected chi connectivity index (χ4v) is 2.71. The van der Waals surface area contributed by atoms with E-state index in [0.717, 1.165) is 5.56 Å². The molecule has 0 N–H and O–H groups in total. The number of benzene rings is 2. The summed E-state index contributed by atoms with van der Waals surface area (Å²) in [6.45, 7) is 2.03. The maximum absolute atomic E-state index is 12.5. The van der Waals surface area contributed by atoms with E-state index in [0.29, 0.717) is 22.0 Å². The Morgan fingerprint density at radius 3 is 2.38 bits per heavy atom. The third-order valence-electron chi connectivity index (χ3n) is 3.62. The van der Waals surface area contributed by atoms with E-state index in [4.69, 9.17) is 27.9 Å². The SMILES string of the molecule is CCOC(=O)[C@@H](CC(=O)c1ccc(Cl)c(Cl)c1)Cc1ccccc1. The molecule has 0 aromatic heterocycles. The predicted octanol–water partition coefficient (Wildman–Crippen LogP) is 4.99. The first-order valence-electron chi connectivity index (χ1n) is 7.70. The molecule has 0 heterocycles. The normalized spacial score (nSPS) is 11.8. The highest BCUT2D eigenvalue weighted by Crippen LogP contribution is 2.24. The van der Waals surface area contributed by atoms with Gasteiger partial charge in [-0.1, -0.05) is 53.5 Å². The summed E-state index contributed by atoms with van der Waals surface area (Å²) in [7, 11) is 0. The second kappa shape index (κ2) is 8.86. The number of hydrogen-bond donors (Lipinski definition) is 0. The summed E-state index contributed by atoms with van der Waals surface area (Å²) in [6, 6.07) is 14.3. The maximum atomic E-state index is 12.5. The number of hydrogen-bond acceptors (Lipinski definition) is 3. The molecule has 2 aromatic rings. The fourth-order valence-electron chi connectivity index (χ4n) is 2.41. The first-order chi connectivity index (χ1) is 11.5. The van der Waals surface area contributed by atoms with Gasteiger partial charge in [-0.15, -0.1) is 0 Å². The minimum atomic E-state index is -0.533. The highest BCUT2D eigenvalue weighted by molar-refractivity contribution is 6.42. The van der Waals surface area contributed by atoms with Crippen LogP contribution < -0.4 is 0 Å². The van der Waals surface area contributed by atoms with Crippen LogP contribution in [0.4, 0.5) is 0 Å². The van der Waals surface area contributed by atoms with Gasteiger partial charge in [-0.2, -0.15) is 0 Å². The highest BCUT2D eigenvalue weighted by Gasteiger charge is 2.24. The summed E-state index contributed by atoms with van der Waals surface area (Å²) in [4.78, 5) is 24.7. The van der Waals surface area contributed by atoms with Crippen molar-refractivity contribution < 1.29 is 14.3 Å². The molecule has 0 bridgehead atoms. The summed E-state index contributed by atoms with van der Waals surface area (Å²) < 4.78 is 5.12. The van der Waals surface area contributed by atoms with E-state index >= 15 is 0 Å². The lowest BCUT2D eigenvalue weighted by Gasteiger charge is -2.15. The molecule has 0 unspecified atom stereocenters. The number of Topliss-reactive ketones (excluding diaryl/α,β-unsaturated/α-hetero) is 1. The lowest BCUT2D eigenvalue weighted by atomic mass is 9.92. The Morgan fingerprint density at radius 1 is 1.04 bits per heavy atom. The number of rotatable bonds is 7. The number of ether oxygens (including phenoxy) is 1. The van der Waals surface area contributed by atoms with Gasteiger partial charge in [0, 0.05) is 12.0 Å². The maximum Gasteiger partial charge on any atom is 0.309 e. The van der Waals surface area contributed by atoms with Gasteiger partial charge >= 0.3 is 5.97 Å². The summed E-state index contributed by atoms with van der Waals surface area (Å²) in [6.07, 6.45) is 0.512. The van der Waals surface area contributed by atoms with Gasteiger partial charge in [-0.3, -0.25) is 9.59 Å². The van der Waals surface area contributed by atoms with Crippen molar-refractivity contribution in [3.05, 3.63) is 69.7 Å². The number of esters is 1. The molecule has 0 saturated carbocycles. The average molecular weight is 365 g/mol. The van der Waals surface area contributed by atoms with Crippen molar-refractivity contribution in [2.75, 3.05) is 6.61 Å². The number of carbonyl (C=O) groups excluding carboxylic acids is 2. The number of ketones is 1. The van der Waals surface area contributed by atoms with Crippen LogP contribution in [0.5, 0.6) is 0 Å². The van der Waals surface area contributed by atoms with Crippen LogP contribution in [0.15, 0.2) is 48.5 Å². The largest absolute Gasteiger partial charge is 0.466 e. The molecule has 0 fully saturated rings. The van der Waals surface area contributed by atoms with Crippen molar-refractivity contribution in [1.29, 1.82) is 0 Å². The van der Waals surface area contributed by atoms with Crippen LogP contribution in [0, 0.1) is 5.92 Å².